The quantitative estimate of drug-likeness (QED) is 0.561. The second-order valence-corrected chi connectivity index (χ2v) is 2.28. The molecule has 1 radical (unpaired) electrons. The van der Waals surface area contributed by atoms with Crippen molar-refractivity contribution in [3.63, 3.8) is 0 Å². The van der Waals surface area contributed by atoms with Crippen LogP contribution in [0.3, 0.4) is 0 Å². The van der Waals surface area contributed by atoms with E-state index in [-0.39, 0.29) is 57.9 Å². The number of aliphatic carboxylic acids is 1. The van der Waals surface area contributed by atoms with E-state index in [1.54, 1.807) is 0 Å². The molecule has 1 rings (SSSR count). The number of carboxylic acids is 1. The normalized spacial score (nSPS) is 18.9. The number of ether oxygens (including phenoxy) is 1. The van der Waals surface area contributed by atoms with Crippen LogP contribution in [0, 0.1) is 0 Å². The van der Waals surface area contributed by atoms with Gasteiger partial charge in [0.05, 0.1) is 19.8 Å². The first kappa shape index (κ1) is 12.0. The van der Waals surface area contributed by atoms with Crippen LogP contribution in [-0.4, -0.2) is 100 Å². The van der Waals surface area contributed by atoms with Crippen molar-refractivity contribution in [3.05, 3.63) is 0 Å². The maximum Gasteiger partial charge on any atom is 0.317 e. The van der Waals surface area contributed by atoms with Crippen LogP contribution in [0.4, 0.5) is 0 Å². The average Bonchev–Trinajstić information content (AvgIpc) is 1.88. The van der Waals surface area contributed by atoms with E-state index in [1.165, 1.54) is 0 Å². The molecule has 4 nitrogen and oxygen atoms in total. The van der Waals surface area contributed by atoms with Gasteiger partial charge in [0, 0.05) is 64.5 Å². The van der Waals surface area contributed by atoms with Gasteiger partial charge in [-0.05, 0) is 0 Å². The van der Waals surface area contributed by atoms with Crippen molar-refractivity contribution in [3.8, 4) is 0 Å². The van der Waals surface area contributed by atoms with E-state index in [9.17, 15) is 4.79 Å². The summed E-state index contributed by atoms with van der Waals surface area (Å²) in [6.07, 6.45) is 0. The molecule has 5 heteroatoms. The van der Waals surface area contributed by atoms with Crippen molar-refractivity contribution in [2.75, 3.05) is 32.8 Å². The molecular formula is C6H11KNO3. The molecule has 0 unspecified atom stereocenters. The van der Waals surface area contributed by atoms with Gasteiger partial charge in [0.1, 0.15) is 0 Å². The van der Waals surface area contributed by atoms with Crippen LogP contribution in [0.5, 0.6) is 0 Å². The monoisotopic (exact) mass is 184 g/mol. The third-order valence-corrected chi connectivity index (χ3v) is 1.46. The maximum absolute atomic E-state index is 10.2. The summed E-state index contributed by atoms with van der Waals surface area (Å²) in [7, 11) is 0. The van der Waals surface area contributed by atoms with Crippen LogP contribution in [0.2, 0.25) is 0 Å². The maximum atomic E-state index is 10.2. The summed E-state index contributed by atoms with van der Waals surface area (Å²) in [4.78, 5) is 12.1. The summed E-state index contributed by atoms with van der Waals surface area (Å²) in [5.74, 6) is -0.762. The number of hydrogen-bond donors (Lipinski definition) is 1. The fourth-order valence-corrected chi connectivity index (χ4v) is 0.951. The summed E-state index contributed by atoms with van der Waals surface area (Å²) in [6, 6.07) is 0. The molecule has 1 saturated heterocycles. The fraction of sp³-hybridized carbons (Fsp3) is 0.833. The molecule has 0 bridgehead atoms. The zero-order valence-electron chi connectivity index (χ0n) is 6.75. The van der Waals surface area contributed by atoms with Gasteiger partial charge >= 0.3 is 5.97 Å². The molecule has 11 heavy (non-hydrogen) atoms. The van der Waals surface area contributed by atoms with Gasteiger partial charge in [0.2, 0.25) is 0 Å². The molecule has 1 N–H and O–H groups in total. The number of carbonyl (C=O) groups is 1. The van der Waals surface area contributed by atoms with Gasteiger partial charge in [-0.25, -0.2) is 0 Å². The molecule has 0 saturated carbocycles. The molecule has 0 aromatic rings. The van der Waals surface area contributed by atoms with Crippen LogP contribution >= 0.6 is 0 Å². The van der Waals surface area contributed by atoms with Crippen molar-refractivity contribution in [1.29, 1.82) is 0 Å². The van der Waals surface area contributed by atoms with Gasteiger partial charge in [-0.15, -0.1) is 0 Å². The topological polar surface area (TPSA) is 49.8 Å². The molecule has 59 valence electrons. The largest absolute Gasteiger partial charge is 0.480 e. The van der Waals surface area contributed by atoms with E-state index < -0.39 is 5.97 Å². The van der Waals surface area contributed by atoms with E-state index in [2.05, 4.69) is 0 Å². The van der Waals surface area contributed by atoms with Crippen molar-refractivity contribution >= 4 is 57.4 Å². The second kappa shape index (κ2) is 6.53. The van der Waals surface area contributed by atoms with E-state index in [0.717, 1.165) is 13.1 Å². The van der Waals surface area contributed by atoms with E-state index >= 15 is 0 Å². The number of hydrogen-bond acceptors (Lipinski definition) is 3. The number of morpholine rings is 1. The Hall–Kier alpha value is 1.03. The number of carboxylic acid groups (broad SMARTS) is 1. The number of nitrogens with zero attached hydrogens (tertiary/aromatic N) is 1. The van der Waals surface area contributed by atoms with Crippen LogP contribution in [0.25, 0.3) is 0 Å². The van der Waals surface area contributed by atoms with Crippen molar-refractivity contribution in [1.82, 2.24) is 4.90 Å². The smallest absolute Gasteiger partial charge is 0.317 e. The minimum absolute atomic E-state index is 0. The van der Waals surface area contributed by atoms with Gasteiger partial charge in [0.25, 0.3) is 0 Å². The Morgan fingerprint density at radius 3 is 2.45 bits per heavy atom. The Morgan fingerprint density at radius 2 is 2.00 bits per heavy atom. The van der Waals surface area contributed by atoms with Gasteiger partial charge < -0.3 is 9.84 Å². The third kappa shape index (κ3) is 5.29. The van der Waals surface area contributed by atoms with Crippen molar-refractivity contribution in [2.45, 2.75) is 0 Å². The molecule has 0 atom stereocenters. The standard InChI is InChI=1S/C6H11NO3.K/c8-6(9)5-7-1-3-10-4-2-7;/h1-5H2,(H,8,9);. The second-order valence-electron chi connectivity index (χ2n) is 2.28. The zero-order chi connectivity index (χ0) is 7.40. The molecule has 0 spiro atoms. The molecule has 1 fully saturated rings. The molecular weight excluding hydrogens is 173 g/mol. The van der Waals surface area contributed by atoms with Gasteiger partial charge in [-0.3, -0.25) is 9.69 Å². The van der Waals surface area contributed by atoms with Gasteiger partial charge in [-0.2, -0.15) is 0 Å². The fourth-order valence-electron chi connectivity index (χ4n) is 0.951. The van der Waals surface area contributed by atoms with Crippen molar-refractivity contribution < 1.29 is 14.6 Å². The van der Waals surface area contributed by atoms with Crippen LogP contribution in [-0.2, 0) is 9.53 Å². The molecule has 1 aliphatic heterocycles. The van der Waals surface area contributed by atoms with Crippen LogP contribution in [0.15, 0.2) is 0 Å². The van der Waals surface area contributed by atoms with Gasteiger partial charge in [-0.1, -0.05) is 0 Å². The summed E-state index contributed by atoms with van der Waals surface area (Å²) in [5, 5.41) is 8.38. The molecule has 1 heterocycles. The third-order valence-electron chi connectivity index (χ3n) is 1.46. The minimum Gasteiger partial charge on any atom is -0.480 e. The Balaban J connectivity index is 0.000001000. The molecule has 0 amide bonds. The Labute approximate surface area is 108 Å². The molecule has 0 aliphatic carbocycles. The predicted molar refractivity (Wildman–Crippen MR) is 40.6 cm³/mol. The van der Waals surface area contributed by atoms with E-state index in [4.69, 9.17) is 9.84 Å². The van der Waals surface area contributed by atoms with E-state index in [1.807, 2.05) is 4.90 Å². The Kier molecular flexibility index (Phi) is 7.14. The Bertz CT molecular complexity index is 125. The van der Waals surface area contributed by atoms with Crippen LogP contribution in [0.1, 0.15) is 0 Å². The zero-order valence-corrected chi connectivity index (χ0v) is 9.87. The molecule has 1 aliphatic rings. The average molecular weight is 184 g/mol. The first-order valence-corrected chi connectivity index (χ1v) is 3.31. The first-order chi connectivity index (χ1) is 4.79. The summed E-state index contributed by atoms with van der Waals surface area (Å²) in [5.41, 5.74) is 0. The Morgan fingerprint density at radius 1 is 1.45 bits per heavy atom. The molecule has 0 aromatic heterocycles. The number of rotatable bonds is 2. The summed E-state index contributed by atoms with van der Waals surface area (Å²) >= 11 is 0. The molecule has 0 aromatic carbocycles. The van der Waals surface area contributed by atoms with Crippen LogP contribution < -0.4 is 0 Å². The van der Waals surface area contributed by atoms with E-state index in [0.29, 0.717) is 13.2 Å². The SMILES string of the molecule is O=C(O)CN1CCOCC1.[K]. The van der Waals surface area contributed by atoms with Gasteiger partial charge in [0.15, 0.2) is 0 Å². The minimum atomic E-state index is -0.762. The summed E-state index contributed by atoms with van der Waals surface area (Å²) in [6.45, 7) is 2.95. The van der Waals surface area contributed by atoms with Crippen molar-refractivity contribution in [2.24, 2.45) is 0 Å². The predicted octanol–water partition coefficient (Wildman–Crippen LogP) is -0.978. The first-order valence-electron chi connectivity index (χ1n) is 3.31. The summed E-state index contributed by atoms with van der Waals surface area (Å²) < 4.78 is 5.05.